The van der Waals surface area contributed by atoms with Crippen molar-refractivity contribution < 1.29 is 9.59 Å². The summed E-state index contributed by atoms with van der Waals surface area (Å²) in [6.45, 7) is 4.11. The summed E-state index contributed by atoms with van der Waals surface area (Å²) in [5, 5.41) is 9.94. The zero-order valence-corrected chi connectivity index (χ0v) is 14.5. The van der Waals surface area contributed by atoms with E-state index in [1.165, 1.54) is 11.8 Å². The predicted octanol–water partition coefficient (Wildman–Crippen LogP) is 1.50. The lowest BCUT2D eigenvalue weighted by molar-refractivity contribution is -0.129. The van der Waals surface area contributed by atoms with E-state index < -0.39 is 10.8 Å². The van der Waals surface area contributed by atoms with Crippen LogP contribution in [-0.4, -0.2) is 38.1 Å². The van der Waals surface area contributed by atoms with Gasteiger partial charge in [0.25, 0.3) is 0 Å². The Morgan fingerprint density at radius 2 is 2.21 bits per heavy atom. The van der Waals surface area contributed by atoms with E-state index in [4.69, 9.17) is 0 Å². The lowest BCUT2D eigenvalue weighted by atomic mass is 10.1. The molecule has 0 aliphatic carbocycles. The van der Waals surface area contributed by atoms with Gasteiger partial charge in [-0.3, -0.25) is 9.59 Å². The molecule has 6 nitrogen and oxygen atoms in total. The second-order valence-corrected chi connectivity index (χ2v) is 7.79. The van der Waals surface area contributed by atoms with Gasteiger partial charge in [-0.2, -0.15) is 5.10 Å². The highest BCUT2D eigenvalue weighted by atomic mass is 32.2. The van der Waals surface area contributed by atoms with Crippen molar-refractivity contribution in [2.75, 3.05) is 5.75 Å². The lowest BCUT2D eigenvalue weighted by Gasteiger charge is -2.32. The molecule has 2 N–H and O–H groups in total. The van der Waals surface area contributed by atoms with Gasteiger partial charge >= 0.3 is 0 Å². The Morgan fingerprint density at radius 1 is 1.42 bits per heavy atom. The highest BCUT2D eigenvalue weighted by molar-refractivity contribution is 8.01. The molecule has 1 aliphatic rings. The number of amides is 2. The normalized spacial score (nSPS) is 19.6. The Hall–Kier alpha value is -2.28. The van der Waals surface area contributed by atoms with Crippen molar-refractivity contribution >= 4 is 23.6 Å². The highest BCUT2D eigenvalue weighted by Gasteiger charge is 2.37. The highest BCUT2D eigenvalue weighted by Crippen LogP contribution is 2.29. The standard InChI is InChI=1S/C17H20N4O2S/c1-17(2)16(23)20-13(11-24-17)15(22)18-10-12-6-3-4-7-14(12)21-9-5-8-19-21/h3-9,13H,10-11H2,1-2H3,(H,18,22)(H,20,23)/t13-/m1/s1. The first kappa shape index (κ1) is 16.6. The predicted molar refractivity (Wildman–Crippen MR) is 93.9 cm³/mol. The van der Waals surface area contributed by atoms with Crippen LogP contribution in [0.5, 0.6) is 0 Å². The minimum Gasteiger partial charge on any atom is -0.350 e. The van der Waals surface area contributed by atoms with Crippen molar-refractivity contribution in [2.45, 2.75) is 31.2 Å². The number of benzene rings is 1. The maximum absolute atomic E-state index is 12.4. The van der Waals surface area contributed by atoms with Gasteiger partial charge in [-0.1, -0.05) is 18.2 Å². The summed E-state index contributed by atoms with van der Waals surface area (Å²) >= 11 is 1.50. The molecule has 1 aromatic heterocycles. The first-order valence-corrected chi connectivity index (χ1v) is 8.76. The van der Waals surface area contributed by atoms with Crippen molar-refractivity contribution in [1.29, 1.82) is 0 Å². The van der Waals surface area contributed by atoms with Crippen molar-refractivity contribution in [3.05, 3.63) is 48.3 Å². The summed E-state index contributed by atoms with van der Waals surface area (Å²) in [7, 11) is 0. The Balaban J connectivity index is 1.65. The fraction of sp³-hybridized carbons (Fsp3) is 0.353. The quantitative estimate of drug-likeness (QED) is 0.881. The van der Waals surface area contributed by atoms with E-state index in [9.17, 15) is 9.59 Å². The topological polar surface area (TPSA) is 76.0 Å². The van der Waals surface area contributed by atoms with Gasteiger partial charge in [0.15, 0.2) is 0 Å². The van der Waals surface area contributed by atoms with Crippen LogP contribution in [-0.2, 0) is 16.1 Å². The number of para-hydroxylation sites is 1. The monoisotopic (exact) mass is 344 g/mol. The number of nitrogens with one attached hydrogen (secondary N) is 2. The molecule has 2 heterocycles. The number of hydrogen-bond acceptors (Lipinski definition) is 4. The first-order chi connectivity index (χ1) is 11.5. The molecular weight excluding hydrogens is 324 g/mol. The fourth-order valence-electron chi connectivity index (χ4n) is 2.47. The van der Waals surface area contributed by atoms with Gasteiger partial charge in [0.2, 0.25) is 11.8 Å². The van der Waals surface area contributed by atoms with E-state index in [2.05, 4.69) is 15.7 Å². The average molecular weight is 344 g/mol. The average Bonchev–Trinajstić information content (AvgIpc) is 3.10. The third-order valence-corrected chi connectivity index (χ3v) is 5.38. The first-order valence-electron chi connectivity index (χ1n) is 7.78. The summed E-state index contributed by atoms with van der Waals surface area (Å²) in [4.78, 5) is 24.4. The van der Waals surface area contributed by atoms with E-state index in [0.717, 1.165) is 11.3 Å². The molecule has 1 fully saturated rings. The summed E-state index contributed by atoms with van der Waals surface area (Å²) in [5.41, 5.74) is 1.88. The molecule has 0 spiro atoms. The molecule has 0 radical (unpaired) electrons. The van der Waals surface area contributed by atoms with Gasteiger partial charge in [0.05, 0.1) is 10.4 Å². The largest absolute Gasteiger partial charge is 0.350 e. The van der Waals surface area contributed by atoms with Crippen LogP contribution in [0.3, 0.4) is 0 Å². The summed E-state index contributed by atoms with van der Waals surface area (Å²) in [6, 6.07) is 9.13. The molecule has 3 rings (SSSR count). The number of thioether (sulfide) groups is 1. The Bertz CT molecular complexity index is 743. The molecular formula is C17H20N4O2S. The van der Waals surface area contributed by atoms with Gasteiger partial charge in [-0.05, 0) is 31.5 Å². The van der Waals surface area contributed by atoms with Crippen molar-refractivity contribution in [3.8, 4) is 5.69 Å². The van der Waals surface area contributed by atoms with Crippen LogP contribution in [0.2, 0.25) is 0 Å². The number of hydrogen-bond donors (Lipinski definition) is 2. The molecule has 126 valence electrons. The number of rotatable bonds is 4. The number of carbonyl (C=O) groups is 2. The number of aromatic nitrogens is 2. The summed E-state index contributed by atoms with van der Waals surface area (Å²) in [6.07, 6.45) is 3.58. The number of carbonyl (C=O) groups excluding carboxylic acids is 2. The fourth-order valence-corrected chi connectivity index (χ4v) is 3.48. The van der Waals surface area contributed by atoms with Crippen molar-refractivity contribution in [3.63, 3.8) is 0 Å². The van der Waals surface area contributed by atoms with E-state index in [1.54, 1.807) is 10.9 Å². The summed E-state index contributed by atoms with van der Waals surface area (Å²) < 4.78 is 1.28. The Kier molecular flexibility index (Phi) is 4.62. The van der Waals surface area contributed by atoms with E-state index in [0.29, 0.717) is 12.3 Å². The SMILES string of the molecule is CC1(C)SC[C@H](C(=O)NCc2ccccc2-n2cccn2)NC1=O. The van der Waals surface area contributed by atoms with E-state index >= 15 is 0 Å². The Labute approximate surface area is 145 Å². The molecule has 1 saturated heterocycles. The maximum atomic E-state index is 12.4. The minimum absolute atomic E-state index is 0.101. The van der Waals surface area contributed by atoms with Crippen LogP contribution in [0.1, 0.15) is 19.4 Å². The van der Waals surface area contributed by atoms with Crippen LogP contribution in [0.15, 0.2) is 42.7 Å². The minimum atomic E-state index is -0.493. The molecule has 1 aliphatic heterocycles. The lowest BCUT2D eigenvalue weighted by Crippen LogP contribution is -2.57. The molecule has 2 aromatic rings. The molecule has 0 bridgehead atoms. The molecule has 0 saturated carbocycles. The van der Waals surface area contributed by atoms with Gasteiger partial charge < -0.3 is 10.6 Å². The summed E-state index contributed by atoms with van der Waals surface area (Å²) in [5.74, 6) is 0.309. The van der Waals surface area contributed by atoms with E-state index in [-0.39, 0.29) is 11.8 Å². The van der Waals surface area contributed by atoms with Gasteiger partial charge in [-0.25, -0.2) is 4.68 Å². The van der Waals surface area contributed by atoms with Crippen LogP contribution < -0.4 is 10.6 Å². The second kappa shape index (κ2) is 6.68. The molecule has 2 amide bonds. The third-order valence-electron chi connectivity index (χ3n) is 3.98. The number of nitrogens with zero attached hydrogens (tertiary/aromatic N) is 2. The molecule has 1 atom stereocenters. The van der Waals surface area contributed by atoms with Gasteiger partial charge in [0.1, 0.15) is 6.04 Å². The van der Waals surface area contributed by atoms with Crippen molar-refractivity contribution in [1.82, 2.24) is 20.4 Å². The van der Waals surface area contributed by atoms with Gasteiger partial charge in [-0.15, -0.1) is 11.8 Å². The zero-order valence-electron chi connectivity index (χ0n) is 13.7. The third kappa shape index (κ3) is 3.46. The van der Waals surface area contributed by atoms with Gasteiger partial charge in [0, 0.05) is 24.7 Å². The molecule has 1 aromatic carbocycles. The van der Waals surface area contributed by atoms with E-state index in [1.807, 2.05) is 50.4 Å². The molecule has 24 heavy (non-hydrogen) atoms. The maximum Gasteiger partial charge on any atom is 0.243 e. The van der Waals surface area contributed by atoms with Crippen LogP contribution in [0.4, 0.5) is 0 Å². The second-order valence-electron chi connectivity index (χ2n) is 6.14. The van der Waals surface area contributed by atoms with Crippen LogP contribution in [0.25, 0.3) is 5.69 Å². The van der Waals surface area contributed by atoms with Crippen molar-refractivity contribution in [2.24, 2.45) is 0 Å². The van der Waals surface area contributed by atoms with Crippen LogP contribution in [0, 0.1) is 0 Å². The zero-order chi connectivity index (χ0) is 17.2. The smallest absolute Gasteiger partial charge is 0.243 e. The molecule has 0 unspecified atom stereocenters. The Morgan fingerprint density at radius 3 is 2.92 bits per heavy atom. The van der Waals surface area contributed by atoms with Crippen LogP contribution >= 0.6 is 11.8 Å². The molecule has 7 heteroatoms.